The molecule has 0 aliphatic rings. The molecule has 72 valence electrons. The Morgan fingerprint density at radius 3 is 2.67 bits per heavy atom. The molecule has 3 heteroatoms. The van der Waals surface area contributed by atoms with Gasteiger partial charge in [-0.05, 0) is 18.2 Å². The Balaban J connectivity index is 2.63. The van der Waals surface area contributed by atoms with Gasteiger partial charge in [-0.3, -0.25) is 0 Å². The lowest BCUT2D eigenvalue weighted by Gasteiger charge is -1.92. The second-order valence-corrected chi connectivity index (χ2v) is 3.62. The van der Waals surface area contributed by atoms with E-state index in [1.807, 2.05) is 30.3 Å². The van der Waals surface area contributed by atoms with Crippen LogP contribution in [0, 0.1) is 0 Å². The van der Waals surface area contributed by atoms with Crippen molar-refractivity contribution in [3.63, 3.8) is 0 Å². The zero-order chi connectivity index (χ0) is 10.4. The van der Waals surface area contributed by atoms with Gasteiger partial charge >= 0.3 is 0 Å². The van der Waals surface area contributed by atoms with Gasteiger partial charge in [0.15, 0.2) is 0 Å². The van der Waals surface area contributed by atoms with Crippen molar-refractivity contribution >= 4 is 33.2 Å². The number of rotatable bonds is 0. The highest BCUT2D eigenvalue weighted by atomic mass is 14.7. The Morgan fingerprint density at radius 1 is 1.00 bits per heavy atom. The minimum atomic E-state index is 0.407. The van der Waals surface area contributed by atoms with Crippen molar-refractivity contribution < 1.29 is 5.73 Å². The number of hydrogen-bond acceptors (Lipinski definition) is 1. The zero-order valence-corrected chi connectivity index (χ0v) is 8.04. The maximum absolute atomic E-state index is 7.94. The monoisotopic (exact) mass is 196 g/mol. The number of para-hydroxylation sites is 1. The van der Waals surface area contributed by atoms with E-state index in [-0.39, 0.29) is 0 Å². The quantitative estimate of drug-likeness (QED) is 0.524. The standard InChI is InChI=1S/C12H10N3/c13-8-5-6-10-11(12(8)14)7-3-1-2-4-9(7)15-10/h1-6,14-15H,13H2/q+1. The van der Waals surface area contributed by atoms with E-state index in [1.165, 1.54) is 0 Å². The zero-order valence-electron chi connectivity index (χ0n) is 8.04. The summed E-state index contributed by atoms with van der Waals surface area (Å²) in [5.74, 6) is 0. The van der Waals surface area contributed by atoms with E-state index in [2.05, 4.69) is 4.98 Å². The second-order valence-electron chi connectivity index (χ2n) is 3.62. The number of aromatic nitrogens is 1. The van der Waals surface area contributed by atoms with Crippen molar-refractivity contribution in [2.75, 3.05) is 5.73 Å². The van der Waals surface area contributed by atoms with Crippen LogP contribution in [0.25, 0.3) is 21.8 Å². The Morgan fingerprint density at radius 2 is 1.80 bits per heavy atom. The molecule has 4 N–H and O–H groups in total. The maximum Gasteiger partial charge on any atom is 0.275 e. The maximum atomic E-state index is 7.94. The molecule has 0 aliphatic heterocycles. The van der Waals surface area contributed by atoms with Crippen molar-refractivity contribution in [1.82, 2.24) is 4.98 Å². The van der Waals surface area contributed by atoms with E-state index >= 15 is 0 Å². The summed E-state index contributed by atoms with van der Waals surface area (Å²) in [6.45, 7) is 0. The number of hydrogen-bond donors (Lipinski definition) is 2. The third-order valence-electron chi connectivity index (χ3n) is 2.70. The summed E-state index contributed by atoms with van der Waals surface area (Å²) >= 11 is 0. The predicted octanol–water partition coefficient (Wildman–Crippen LogP) is 1.35. The average molecular weight is 196 g/mol. The van der Waals surface area contributed by atoms with Crippen molar-refractivity contribution in [2.45, 2.75) is 0 Å². The van der Waals surface area contributed by atoms with Gasteiger partial charge in [0.25, 0.3) is 5.69 Å². The van der Waals surface area contributed by atoms with E-state index in [0.717, 1.165) is 21.8 Å². The molecule has 0 amide bonds. The van der Waals surface area contributed by atoms with E-state index in [1.54, 1.807) is 6.07 Å². The largest absolute Gasteiger partial charge is 0.394 e. The van der Waals surface area contributed by atoms with Crippen molar-refractivity contribution in [2.24, 2.45) is 0 Å². The fourth-order valence-corrected chi connectivity index (χ4v) is 1.96. The van der Waals surface area contributed by atoms with Gasteiger partial charge in [0.05, 0.1) is 16.6 Å². The fraction of sp³-hybridized carbons (Fsp3) is 0. The summed E-state index contributed by atoms with van der Waals surface area (Å²) < 4.78 is 0. The molecule has 0 unspecified atom stereocenters. The molecular formula is C12H10N3+. The number of H-pyrrole nitrogens is 1. The molecule has 0 bridgehead atoms. The van der Waals surface area contributed by atoms with Crippen molar-refractivity contribution in [3.05, 3.63) is 36.4 Å². The smallest absolute Gasteiger partial charge is 0.275 e. The van der Waals surface area contributed by atoms with Crippen LogP contribution in [0.2, 0.25) is 0 Å². The molecule has 1 heterocycles. The number of fused-ring (bicyclic) bond motifs is 3. The van der Waals surface area contributed by atoms with Crippen LogP contribution in [0.15, 0.2) is 36.4 Å². The molecule has 1 aromatic heterocycles. The summed E-state index contributed by atoms with van der Waals surface area (Å²) in [6, 6.07) is 11.6. The Hall–Kier alpha value is -2.00. The molecule has 0 saturated carbocycles. The van der Waals surface area contributed by atoms with Gasteiger partial charge in [0.1, 0.15) is 5.69 Å². The Bertz CT molecular complexity index is 652. The first-order valence-electron chi connectivity index (χ1n) is 4.78. The molecule has 0 saturated heterocycles. The fourth-order valence-electron chi connectivity index (χ4n) is 1.96. The van der Waals surface area contributed by atoms with Crippen molar-refractivity contribution in [3.8, 4) is 0 Å². The van der Waals surface area contributed by atoms with E-state index in [4.69, 9.17) is 11.5 Å². The highest BCUT2D eigenvalue weighted by molar-refractivity contribution is 6.13. The number of nitrogens with one attached hydrogen (secondary N) is 2. The summed E-state index contributed by atoms with van der Waals surface area (Å²) in [5.41, 5.74) is 16.6. The Labute approximate surface area is 86.7 Å². The summed E-state index contributed by atoms with van der Waals surface area (Å²) in [5, 5.41) is 1.97. The molecule has 0 aliphatic carbocycles. The van der Waals surface area contributed by atoms with Gasteiger partial charge in [-0.1, -0.05) is 18.2 Å². The van der Waals surface area contributed by atoms with Crippen LogP contribution >= 0.6 is 0 Å². The van der Waals surface area contributed by atoms with Crippen LogP contribution in [-0.2, 0) is 0 Å². The lowest BCUT2D eigenvalue weighted by Crippen LogP contribution is -2.41. The molecule has 3 nitrogen and oxygen atoms in total. The molecule has 2 radical (unpaired) electrons. The van der Waals surface area contributed by atoms with E-state index < -0.39 is 0 Å². The van der Waals surface area contributed by atoms with Crippen LogP contribution in [-0.4, -0.2) is 4.98 Å². The van der Waals surface area contributed by atoms with E-state index in [0.29, 0.717) is 11.4 Å². The summed E-state index contributed by atoms with van der Waals surface area (Å²) in [6.07, 6.45) is 0. The van der Waals surface area contributed by atoms with Crippen LogP contribution < -0.4 is 11.5 Å². The topological polar surface area (TPSA) is 65.6 Å². The molecule has 15 heavy (non-hydrogen) atoms. The summed E-state index contributed by atoms with van der Waals surface area (Å²) in [7, 11) is 0. The van der Waals surface area contributed by atoms with Crippen LogP contribution in [0.3, 0.4) is 0 Å². The minimum Gasteiger partial charge on any atom is -0.394 e. The van der Waals surface area contributed by atoms with E-state index in [9.17, 15) is 0 Å². The highest BCUT2D eigenvalue weighted by Gasteiger charge is 2.14. The van der Waals surface area contributed by atoms with Gasteiger partial charge < -0.3 is 10.7 Å². The molecule has 3 aromatic rings. The number of anilines is 1. The predicted molar refractivity (Wildman–Crippen MR) is 60.8 cm³/mol. The lowest BCUT2D eigenvalue weighted by atomic mass is 10.1. The lowest BCUT2D eigenvalue weighted by molar-refractivity contribution is -0.251. The van der Waals surface area contributed by atoms with Gasteiger partial charge in [-0.2, -0.15) is 0 Å². The third kappa shape index (κ3) is 1.04. The van der Waals surface area contributed by atoms with Crippen LogP contribution in [0.4, 0.5) is 11.4 Å². The molecule has 0 fully saturated rings. The van der Waals surface area contributed by atoms with Crippen LogP contribution in [0.5, 0.6) is 0 Å². The first-order valence-corrected chi connectivity index (χ1v) is 4.78. The third-order valence-corrected chi connectivity index (χ3v) is 2.70. The normalized spacial score (nSPS) is 11.3. The molecular weight excluding hydrogens is 186 g/mol. The number of benzene rings is 2. The minimum absolute atomic E-state index is 0.407. The van der Waals surface area contributed by atoms with Gasteiger partial charge in [-0.25, -0.2) is 0 Å². The van der Waals surface area contributed by atoms with Crippen molar-refractivity contribution in [1.29, 1.82) is 0 Å². The number of aromatic amines is 1. The number of nitrogens with two attached hydrogens (primary N) is 1. The highest BCUT2D eigenvalue weighted by Crippen LogP contribution is 2.31. The first-order chi connectivity index (χ1) is 7.27. The average Bonchev–Trinajstić information content (AvgIpc) is 2.62. The van der Waals surface area contributed by atoms with Gasteiger partial charge in [0, 0.05) is 10.9 Å². The SMILES string of the molecule is [NH+]c1c(N)ccc2[nH]c3ccccc3c12. The molecule has 0 atom stereocenters. The second kappa shape index (κ2) is 2.74. The first kappa shape index (κ1) is 8.32. The van der Waals surface area contributed by atoms with Crippen LogP contribution in [0.1, 0.15) is 0 Å². The van der Waals surface area contributed by atoms with Gasteiger partial charge in [0.2, 0.25) is 0 Å². The Kier molecular flexibility index (Phi) is 1.52. The summed E-state index contributed by atoms with van der Waals surface area (Å²) in [4.78, 5) is 3.27. The molecule has 2 aromatic carbocycles. The molecule has 3 rings (SSSR count). The van der Waals surface area contributed by atoms with Gasteiger partial charge in [-0.15, -0.1) is 0 Å². The molecule has 0 spiro atoms. The number of nitrogen functional groups attached to an aromatic ring is 1.